The van der Waals surface area contributed by atoms with Gasteiger partial charge >= 0.3 is 0 Å². The molecule has 3 heteroatoms. The number of methoxy groups -OCH3 is 1. The molecule has 1 rings (SSSR count). The highest BCUT2D eigenvalue weighted by atomic mass is 16.5. The second kappa shape index (κ2) is 5.51. The van der Waals surface area contributed by atoms with Crippen LogP contribution in [0.1, 0.15) is 19.8 Å². The predicted octanol–water partition coefficient (Wildman–Crippen LogP) is 0.790. The van der Waals surface area contributed by atoms with Gasteiger partial charge in [0.05, 0.1) is 25.9 Å². The Hall–Kier alpha value is -0.120. The monoisotopic (exact) mass is 173 g/mol. The van der Waals surface area contributed by atoms with Crippen molar-refractivity contribution < 1.29 is 9.47 Å². The van der Waals surface area contributed by atoms with E-state index in [0.717, 1.165) is 19.8 Å². The Balaban J connectivity index is 2.11. The van der Waals surface area contributed by atoms with Gasteiger partial charge in [-0.15, -0.1) is 0 Å². The highest BCUT2D eigenvalue weighted by Gasteiger charge is 2.21. The van der Waals surface area contributed by atoms with Crippen LogP contribution in [0, 0.1) is 0 Å². The summed E-state index contributed by atoms with van der Waals surface area (Å²) in [6.07, 6.45) is 2.39. The normalized spacial score (nSPS) is 20.5. The van der Waals surface area contributed by atoms with Crippen LogP contribution in [0.2, 0.25) is 0 Å². The molecule has 1 N–H and O–H groups in total. The van der Waals surface area contributed by atoms with E-state index in [1.807, 2.05) is 0 Å². The molecule has 0 bridgehead atoms. The molecule has 0 spiro atoms. The Morgan fingerprint density at radius 1 is 1.58 bits per heavy atom. The molecule has 0 aromatic carbocycles. The molecule has 1 aliphatic rings. The molecule has 0 aromatic rings. The zero-order chi connectivity index (χ0) is 8.81. The van der Waals surface area contributed by atoms with Gasteiger partial charge in [-0.25, -0.2) is 0 Å². The number of rotatable bonds is 6. The maximum atomic E-state index is 5.12. The van der Waals surface area contributed by atoms with Gasteiger partial charge in [0.2, 0.25) is 0 Å². The summed E-state index contributed by atoms with van der Waals surface area (Å²) in [6.45, 7) is 4.74. The van der Waals surface area contributed by atoms with Crippen molar-refractivity contribution in [3.05, 3.63) is 0 Å². The molecule has 1 saturated heterocycles. The summed E-state index contributed by atoms with van der Waals surface area (Å²) in [5, 5.41) is 3.51. The molecule has 3 nitrogen and oxygen atoms in total. The lowest BCUT2D eigenvalue weighted by atomic mass is 10.1. The third-order valence-corrected chi connectivity index (χ3v) is 2.11. The zero-order valence-electron chi connectivity index (χ0n) is 8.01. The maximum absolute atomic E-state index is 5.12. The number of hydrogen-bond donors (Lipinski definition) is 1. The molecule has 0 radical (unpaired) electrons. The second-order valence-electron chi connectivity index (χ2n) is 3.34. The Labute approximate surface area is 74.4 Å². The van der Waals surface area contributed by atoms with Crippen molar-refractivity contribution in [1.29, 1.82) is 0 Å². The van der Waals surface area contributed by atoms with Crippen LogP contribution < -0.4 is 5.32 Å². The van der Waals surface area contributed by atoms with E-state index < -0.39 is 0 Å². The fourth-order valence-electron chi connectivity index (χ4n) is 1.43. The minimum Gasteiger partial charge on any atom is -0.383 e. The van der Waals surface area contributed by atoms with Crippen molar-refractivity contribution >= 4 is 0 Å². The largest absolute Gasteiger partial charge is 0.383 e. The zero-order valence-corrected chi connectivity index (χ0v) is 8.01. The van der Waals surface area contributed by atoms with E-state index in [-0.39, 0.29) is 0 Å². The first-order valence-electron chi connectivity index (χ1n) is 4.69. The van der Waals surface area contributed by atoms with Crippen LogP contribution in [0.5, 0.6) is 0 Å². The van der Waals surface area contributed by atoms with Gasteiger partial charge in [0.15, 0.2) is 0 Å². The van der Waals surface area contributed by atoms with Crippen LogP contribution in [0.15, 0.2) is 0 Å². The lowest BCUT2D eigenvalue weighted by molar-refractivity contribution is -0.0151. The van der Waals surface area contributed by atoms with Gasteiger partial charge in [0.25, 0.3) is 0 Å². The highest BCUT2D eigenvalue weighted by molar-refractivity contribution is 4.78. The van der Waals surface area contributed by atoms with Gasteiger partial charge in [0.1, 0.15) is 0 Å². The average Bonchev–Trinajstić information content (AvgIpc) is 1.97. The molecule has 0 aliphatic carbocycles. The van der Waals surface area contributed by atoms with E-state index in [9.17, 15) is 0 Å². The Morgan fingerprint density at radius 3 is 2.75 bits per heavy atom. The van der Waals surface area contributed by atoms with E-state index in [4.69, 9.17) is 9.47 Å². The molecule has 1 fully saturated rings. The second-order valence-corrected chi connectivity index (χ2v) is 3.34. The summed E-state index contributed by atoms with van der Waals surface area (Å²) in [6, 6.07) is 1.07. The Kier molecular flexibility index (Phi) is 4.58. The molecule has 1 heterocycles. The molecule has 0 saturated carbocycles. The number of nitrogens with one attached hydrogen (secondary N) is 1. The first-order chi connectivity index (χ1) is 5.86. The lowest BCUT2D eigenvalue weighted by Crippen LogP contribution is -2.51. The van der Waals surface area contributed by atoms with Crippen molar-refractivity contribution in [2.24, 2.45) is 0 Å². The van der Waals surface area contributed by atoms with Gasteiger partial charge in [0, 0.05) is 13.2 Å². The van der Waals surface area contributed by atoms with Crippen molar-refractivity contribution in [3.63, 3.8) is 0 Å². The summed E-state index contributed by atoms with van der Waals surface area (Å²) in [5.74, 6) is 0. The predicted molar refractivity (Wildman–Crippen MR) is 48.3 cm³/mol. The third kappa shape index (κ3) is 3.09. The molecular formula is C9H19NO2. The molecule has 72 valence electrons. The minimum atomic E-state index is 0.508. The molecule has 0 aromatic heterocycles. The summed E-state index contributed by atoms with van der Waals surface area (Å²) in [5.41, 5.74) is 0. The van der Waals surface area contributed by atoms with Gasteiger partial charge < -0.3 is 14.8 Å². The molecule has 0 amide bonds. The SMILES string of the molecule is CCCC(COC)NC1COC1. The fraction of sp³-hybridized carbons (Fsp3) is 1.00. The molecule has 1 atom stereocenters. The van der Waals surface area contributed by atoms with E-state index >= 15 is 0 Å². The van der Waals surface area contributed by atoms with E-state index in [2.05, 4.69) is 12.2 Å². The van der Waals surface area contributed by atoms with Crippen molar-refractivity contribution in [1.82, 2.24) is 5.32 Å². The lowest BCUT2D eigenvalue weighted by Gasteiger charge is -2.31. The van der Waals surface area contributed by atoms with Crippen LogP contribution in [0.25, 0.3) is 0 Å². The van der Waals surface area contributed by atoms with Gasteiger partial charge in [-0.05, 0) is 6.42 Å². The van der Waals surface area contributed by atoms with Crippen LogP contribution in [0.3, 0.4) is 0 Å². The van der Waals surface area contributed by atoms with Gasteiger partial charge in [-0.2, -0.15) is 0 Å². The quantitative estimate of drug-likeness (QED) is 0.644. The highest BCUT2D eigenvalue weighted by Crippen LogP contribution is 2.04. The number of ether oxygens (including phenoxy) is 2. The van der Waals surface area contributed by atoms with E-state index in [0.29, 0.717) is 12.1 Å². The average molecular weight is 173 g/mol. The third-order valence-electron chi connectivity index (χ3n) is 2.11. The van der Waals surface area contributed by atoms with Crippen LogP contribution in [-0.2, 0) is 9.47 Å². The van der Waals surface area contributed by atoms with E-state index in [1.54, 1.807) is 7.11 Å². The molecular weight excluding hydrogens is 154 g/mol. The van der Waals surface area contributed by atoms with Gasteiger partial charge in [-0.1, -0.05) is 13.3 Å². The van der Waals surface area contributed by atoms with Gasteiger partial charge in [-0.3, -0.25) is 0 Å². The van der Waals surface area contributed by atoms with Crippen molar-refractivity contribution in [3.8, 4) is 0 Å². The first kappa shape index (κ1) is 9.96. The summed E-state index contributed by atoms with van der Waals surface area (Å²) in [7, 11) is 1.75. The Bertz CT molecular complexity index is 109. The van der Waals surface area contributed by atoms with Crippen LogP contribution in [0.4, 0.5) is 0 Å². The van der Waals surface area contributed by atoms with E-state index in [1.165, 1.54) is 12.8 Å². The fourth-order valence-corrected chi connectivity index (χ4v) is 1.43. The van der Waals surface area contributed by atoms with Crippen molar-refractivity contribution in [2.75, 3.05) is 26.9 Å². The molecule has 1 unspecified atom stereocenters. The molecule has 12 heavy (non-hydrogen) atoms. The van der Waals surface area contributed by atoms with Crippen molar-refractivity contribution in [2.45, 2.75) is 31.8 Å². The first-order valence-corrected chi connectivity index (χ1v) is 4.69. The van der Waals surface area contributed by atoms with Crippen LogP contribution in [-0.4, -0.2) is 39.0 Å². The smallest absolute Gasteiger partial charge is 0.0643 e. The summed E-state index contributed by atoms with van der Waals surface area (Å²) >= 11 is 0. The summed E-state index contributed by atoms with van der Waals surface area (Å²) in [4.78, 5) is 0. The molecule has 1 aliphatic heterocycles. The Morgan fingerprint density at radius 2 is 2.33 bits per heavy atom. The standard InChI is InChI=1S/C9H19NO2/c1-3-4-8(5-11-2)10-9-6-12-7-9/h8-10H,3-7H2,1-2H3. The topological polar surface area (TPSA) is 30.5 Å². The minimum absolute atomic E-state index is 0.508. The summed E-state index contributed by atoms with van der Waals surface area (Å²) < 4.78 is 10.2. The van der Waals surface area contributed by atoms with Crippen LogP contribution >= 0.6 is 0 Å². The maximum Gasteiger partial charge on any atom is 0.0643 e. The number of hydrogen-bond acceptors (Lipinski definition) is 3.